The van der Waals surface area contributed by atoms with Crippen molar-refractivity contribution >= 4 is 11.8 Å². The molecular formula is C17H19N3O3. The van der Waals surface area contributed by atoms with Gasteiger partial charge in [0.15, 0.2) is 0 Å². The molecule has 1 aliphatic rings. The van der Waals surface area contributed by atoms with Crippen molar-refractivity contribution in [2.75, 3.05) is 13.1 Å². The van der Waals surface area contributed by atoms with Crippen molar-refractivity contribution in [3.63, 3.8) is 0 Å². The summed E-state index contributed by atoms with van der Waals surface area (Å²) in [5.74, 6) is 0.479. The molecule has 0 bridgehead atoms. The third kappa shape index (κ3) is 3.59. The number of nitrogens with one attached hydrogen (secondary N) is 2. The Kier molecular flexibility index (Phi) is 4.41. The Morgan fingerprint density at radius 3 is 2.57 bits per heavy atom. The highest BCUT2D eigenvalue weighted by atomic mass is 16.5. The Bertz CT molecular complexity index is 705. The molecule has 2 amide bonds. The molecule has 6 nitrogen and oxygen atoms in total. The molecule has 0 saturated heterocycles. The first-order chi connectivity index (χ1) is 11.2. The molecule has 0 aliphatic heterocycles. The highest BCUT2D eigenvalue weighted by Crippen LogP contribution is 2.28. The molecule has 0 atom stereocenters. The van der Waals surface area contributed by atoms with Gasteiger partial charge in [0.1, 0.15) is 17.0 Å². The quantitative estimate of drug-likeness (QED) is 0.798. The van der Waals surface area contributed by atoms with E-state index in [0.29, 0.717) is 30.1 Å². The van der Waals surface area contributed by atoms with E-state index in [1.54, 1.807) is 6.92 Å². The summed E-state index contributed by atoms with van der Waals surface area (Å²) in [7, 11) is 0. The zero-order valence-corrected chi connectivity index (χ0v) is 13.0. The molecule has 0 spiro atoms. The predicted octanol–water partition coefficient (Wildman–Crippen LogP) is 1.91. The van der Waals surface area contributed by atoms with Crippen molar-refractivity contribution in [1.29, 1.82) is 0 Å². The van der Waals surface area contributed by atoms with Crippen molar-refractivity contribution in [3.05, 3.63) is 41.7 Å². The smallest absolute Gasteiger partial charge is 0.257 e. The number of amides is 2. The van der Waals surface area contributed by atoms with Gasteiger partial charge in [0.2, 0.25) is 5.91 Å². The van der Waals surface area contributed by atoms with E-state index in [1.807, 2.05) is 30.3 Å². The Morgan fingerprint density at radius 1 is 1.17 bits per heavy atom. The van der Waals surface area contributed by atoms with Gasteiger partial charge in [0.05, 0.1) is 0 Å². The second-order valence-electron chi connectivity index (χ2n) is 5.65. The zero-order chi connectivity index (χ0) is 16.2. The number of benzene rings is 1. The highest BCUT2D eigenvalue weighted by molar-refractivity contribution is 6.00. The fraction of sp³-hybridized carbons (Fsp3) is 0.353. The third-order valence-electron chi connectivity index (χ3n) is 3.79. The van der Waals surface area contributed by atoms with Crippen molar-refractivity contribution in [3.8, 4) is 11.3 Å². The number of carbonyl (C=O) groups excluding carboxylic acids is 2. The van der Waals surface area contributed by atoms with Crippen LogP contribution >= 0.6 is 0 Å². The molecule has 0 radical (unpaired) electrons. The molecule has 1 aromatic heterocycles. The molecule has 1 heterocycles. The first-order valence-electron chi connectivity index (χ1n) is 7.74. The molecule has 6 heteroatoms. The van der Waals surface area contributed by atoms with E-state index >= 15 is 0 Å². The first-order valence-corrected chi connectivity index (χ1v) is 7.74. The normalized spacial score (nSPS) is 13.6. The molecule has 1 aromatic carbocycles. The van der Waals surface area contributed by atoms with Crippen molar-refractivity contribution in [1.82, 2.24) is 15.8 Å². The third-order valence-corrected chi connectivity index (χ3v) is 3.79. The molecule has 23 heavy (non-hydrogen) atoms. The summed E-state index contributed by atoms with van der Waals surface area (Å²) in [6.07, 6.45) is 1.94. The lowest BCUT2D eigenvalue weighted by Gasteiger charge is -2.07. The van der Waals surface area contributed by atoms with E-state index in [1.165, 1.54) is 0 Å². The largest absolute Gasteiger partial charge is 0.360 e. The second-order valence-corrected chi connectivity index (χ2v) is 5.65. The van der Waals surface area contributed by atoms with Crippen LogP contribution in [-0.2, 0) is 4.79 Å². The minimum atomic E-state index is -0.247. The number of hydrogen-bond donors (Lipinski definition) is 2. The van der Waals surface area contributed by atoms with Crippen LogP contribution in [0.3, 0.4) is 0 Å². The summed E-state index contributed by atoms with van der Waals surface area (Å²) >= 11 is 0. The monoisotopic (exact) mass is 313 g/mol. The van der Waals surface area contributed by atoms with Crippen LogP contribution in [0.25, 0.3) is 11.3 Å². The predicted molar refractivity (Wildman–Crippen MR) is 84.7 cm³/mol. The molecule has 3 rings (SSSR count). The maximum Gasteiger partial charge on any atom is 0.257 e. The Hall–Kier alpha value is -2.63. The Morgan fingerprint density at radius 2 is 1.87 bits per heavy atom. The average Bonchev–Trinajstić information content (AvgIpc) is 3.34. The van der Waals surface area contributed by atoms with Crippen LogP contribution in [0.4, 0.5) is 0 Å². The van der Waals surface area contributed by atoms with Crippen LogP contribution in [0.15, 0.2) is 34.9 Å². The van der Waals surface area contributed by atoms with Gasteiger partial charge < -0.3 is 15.2 Å². The summed E-state index contributed by atoms with van der Waals surface area (Å²) in [4.78, 5) is 23.9. The second kappa shape index (κ2) is 6.64. The molecule has 1 saturated carbocycles. The number of aromatic nitrogens is 1. The minimum absolute atomic E-state index is 0.0744. The number of carbonyl (C=O) groups is 2. The first kappa shape index (κ1) is 15.3. The van der Waals surface area contributed by atoms with Crippen molar-refractivity contribution in [2.45, 2.75) is 19.8 Å². The van der Waals surface area contributed by atoms with Crippen LogP contribution in [0.1, 0.15) is 29.0 Å². The minimum Gasteiger partial charge on any atom is -0.360 e. The molecule has 120 valence electrons. The summed E-state index contributed by atoms with van der Waals surface area (Å²) in [5.41, 5.74) is 1.80. The van der Waals surface area contributed by atoms with Crippen LogP contribution < -0.4 is 10.6 Å². The Labute approximate surface area is 134 Å². The van der Waals surface area contributed by atoms with E-state index in [-0.39, 0.29) is 17.7 Å². The van der Waals surface area contributed by atoms with Gasteiger partial charge >= 0.3 is 0 Å². The molecule has 1 fully saturated rings. The van der Waals surface area contributed by atoms with Crippen LogP contribution in [0.2, 0.25) is 0 Å². The molecule has 2 aromatic rings. The lowest BCUT2D eigenvalue weighted by atomic mass is 10.1. The summed E-state index contributed by atoms with van der Waals surface area (Å²) < 4.78 is 5.17. The van der Waals surface area contributed by atoms with Crippen molar-refractivity contribution in [2.24, 2.45) is 5.92 Å². The van der Waals surface area contributed by atoms with Gasteiger partial charge in [-0.2, -0.15) is 0 Å². The van der Waals surface area contributed by atoms with E-state index in [4.69, 9.17) is 4.52 Å². The topological polar surface area (TPSA) is 84.2 Å². The highest BCUT2D eigenvalue weighted by Gasteiger charge is 2.29. The van der Waals surface area contributed by atoms with Crippen LogP contribution in [0, 0.1) is 12.8 Å². The summed E-state index contributed by atoms with van der Waals surface area (Å²) in [6.45, 7) is 2.51. The van der Waals surface area contributed by atoms with Crippen LogP contribution in [0.5, 0.6) is 0 Å². The van der Waals surface area contributed by atoms with Gasteiger partial charge in [-0.05, 0) is 19.8 Å². The van der Waals surface area contributed by atoms with Gasteiger partial charge in [-0.3, -0.25) is 9.59 Å². The van der Waals surface area contributed by atoms with Gasteiger partial charge in [-0.1, -0.05) is 35.5 Å². The molecule has 2 N–H and O–H groups in total. The van der Waals surface area contributed by atoms with Gasteiger partial charge in [0.25, 0.3) is 5.91 Å². The fourth-order valence-electron chi connectivity index (χ4n) is 2.37. The standard InChI is InChI=1S/C17H19N3O3/c1-11-14(15(20-23-11)12-5-3-2-4-6-12)17(22)19-10-9-18-16(21)13-7-8-13/h2-6,13H,7-10H2,1H3,(H,18,21)(H,19,22). The van der Waals surface area contributed by atoms with E-state index < -0.39 is 0 Å². The summed E-state index contributed by atoms with van der Waals surface area (Å²) in [5, 5.41) is 9.60. The van der Waals surface area contributed by atoms with E-state index in [9.17, 15) is 9.59 Å². The van der Waals surface area contributed by atoms with Crippen LogP contribution in [-0.4, -0.2) is 30.1 Å². The Balaban J connectivity index is 1.61. The number of hydrogen-bond acceptors (Lipinski definition) is 4. The van der Waals surface area contributed by atoms with E-state index in [2.05, 4.69) is 15.8 Å². The summed E-state index contributed by atoms with van der Waals surface area (Å²) in [6, 6.07) is 9.43. The number of nitrogens with zero attached hydrogens (tertiary/aromatic N) is 1. The molecule has 0 unspecified atom stereocenters. The molecular weight excluding hydrogens is 294 g/mol. The lowest BCUT2D eigenvalue weighted by Crippen LogP contribution is -2.35. The van der Waals surface area contributed by atoms with Gasteiger partial charge in [-0.15, -0.1) is 0 Å². The van der Waals surface area contributed by atoms with E-state index in [0.717, 1.165) is 18.4 Å². The lowest BCUT2D eigenvalue weighted by molar-refractivity contribution is -0.122. The average molecular weight is 313 g/mol. The SMILES string of the molecule is Cc1onc(-c2ccccc2)c1C(=O)NCCNC(=O)C1CC1. The maximum absolute atomic E-state index is 12.4. The molecule has 1 aliphatic carbocycles. The van der Waals surface area contributed by atoms with Gasteiger partial charge in [-0.25, -0.2) is 0 Å². The van der Waals surface area contributed by atoms with Gasteiger partial charge in [0, 0.05) is 24.6 Å². The fourth-order valence-corrected chi connectivity index (χ4v) is 2.37. The zero-order valence-electron chi connectivity index (χ0n) is 13.0. The maximum atomic E-state index is 12.4. The van der Waals surface area contributed by atoms with Crippen molar-refractivity contribution < 1.29 is 14.1 Å². The number of rotatable bonds is 6. The number of aryl methyl sites for hydroxylation is 1.